The second kappa shape index (κ2) is 8.08. The van der Waals surface area contributed by atoms with Crippen molar-refractivity contribution in [2.24, 2.45) is 0 Å². The first kappa shape index (κ1) is 16.7. The van der Waals surface area contributed by atoms with Crippen molar-refractivity contribution in [3.8, 4) is 0 Å². The van der Waals surface area contributed by atoms with Crippen LogP contribution in [-0.2, 0) is 14.8 Å². The van der Waals surface area contributed by atoms with Gasteiger partial charge in [0.25, 0.3) is 6.54 Å². The number of nitrogens with zero attached hydrogens (tertiary/aromatic N) is 1. The van der Waals surface area contributed by atoms with Crippen molar-refractivity contribution in [1.82, 2.24) is 4.72 Å². The van der Waals surface area contributed by atoms with Crippen molar-refractivity contribution in [3.63, 3.8) is 0 Å². The molecular weight excluding hydrogens is 304 g/mol. The van der Waals surface area contributed by atoms with Crippen molar-refractivity contribution in [1.29, 1.82) is 0 Å². The van der Waals surface area contributed by atoms with Gasteiger partial charge in [0.15, 0.2) is 0 Å². The SMILES string of the molecule is O=C(CCCCCNS(=O)(=O)c1cccs1)C[N+](=O)[O-]. The predicted octanol–water partition coefficient (Wildman–Crippen LogP) is 1.43. The molecule has 9 heteroatoms. The van der Waals surface area contributed by atoms with Gasteiger partial charge in [-0.05, 0) is 24.3 Å². The number of thiophene rings is 1. The van der Waals surface area contributed by atoms with E-state index in [1.54, 1.807) is 11.4 Å². The highest BCUT2D eigenvalue weighted by atomic mass is 32.2. The second-order valence-corrected chi connectivity index (χ2v) is 7.11. The van der Waals surface area contributed by atoms with E-state index in [4.69, 9.17) is 0 Å². The van der Waals surface area contributed by atoms with Crippen LogP contribution >= 0.6 is 11.3 Å². The van der Waals surface area contributed by atoms with Crippen LogP contribution in [0.2, 0.25) is 0 Å². The number of nitrogens with one attached hydrogen (secondary N) is 1. The van der Waals surface area contributed by atoms with Crippen LogP contribution in [0.15, 0.2) is 21.7 Å². The van der Waals surface area contributed by atoms with E-state index >= 15 is 0 Å². The Hall–Kier alpha value is -1.32. The number of unbranched alkanes of at least 4 members (excludes halogenated alkanes) is 2. The van der Waals surface area contributed by atoms with Crippen LogP contribution in [0.1, 0.15) is 25.7 Å². The van der Waals surface area contributed by atoms with E-state index in [2.05, 4.69) is 4.72 Å². The summed E-state index contributed by atoms with van der Waals surface area (Å²) >= 11 is 1.15. The normalized spacial score (nSPS) is 11.4. The maximum atomic E-state index is 11.7. The highest BCUT2D eigenvalue weighted by molar-refractivity contribution is 7.91. The number of carbonyl (C=O) groups is 1. The largest absolute Gasteiger partial charge is 0.292 e. The second-order valence-electron chi connectivity index (χ2n) is 4.17. The van der Waals surface area contributed by atoms with Crippen LogP contribution in [-0.4, -0.2) is 32.2 Å². The Morgan fingerprint density at radius 1 is 1.35 bits per heavy atom. The molecule has 1 aromatic heterocycles. The lowest BCUT2D eigenvalue weighted by atomic mass is 10.1. The molecule has 1 heterocycles. The minimum absolute atomic E-state index is 0.165. The van der Waals surface area contributed by atoms with Crippen molar-refractivity contribution in [2.45, 2.75) is 29.9 Å². The minimum atomic E-state index is -3.42. The molecule has 0 aliphatic heterocycles. The fourth-order valence-electron chi connectivity index (χ4n) is 1.54. The first-order chi connectivity index (χ1) is 9.42. The van der Waals surface area contributed by atoms with Gasteiger partial charge in [-0.1, -0.05) is 12.5 Å². The molecule has 0 amide bonds. The van der Waals surface area contributed by atoms with Crippen molar-refractivity contribution < 1.29 is 18.1 Å². The van der Waals surface area contributed by atoms with Crippen molar-refractivity contribution in [3.05, 3.63) is 27.6 Å². The van der Waals surface area contributed by atoms with E-state index in [1.807, 2.05) is 0 Å². The Morgan fingerprint density at radius 2 is 2.10 bits per heavy atom. The number of rotatable bonds is 10. The Labute approximate surface area is 121 Å². The molecule has 0 saturated carbocycles. The summed E-state index contributed by atoms with van der Waals surface area (Å²) in [6.45, 7) is -0.339. The van der Waals surface area contributed by atoms with Crippen LogP contribution in [0.3, 0.4) is 0 Å². The summed E-state index contributed by atoms with van der Waals surface area (Å²) in [5.41, 5.74) is 0. The molecule has 1 N–H and O–H groups in total. The van der Waals surface area contributed by atoms with E-state index in [0.717, 1.165) is 11.3 Å². The Kier molecular flexibility index (Phi) is 6.76. The average molecular weight is 320 g/mol. The molecule has 0 spiro atoms. The first-order valence-corrected chi connectivity index (χ1v) is 8.45. The standard InChI is InChI=1S/C11H16N2O5S2/c14-10(9-13(15)16)5-2-1-3-7-12-20(17,18)11-6-4-8-19-11/h4,6,8,12H,1-3,5,7,9H2. The van der Waals surface area contributed by atoms with E-state index in [0.29, 0.717) is 25.8 Å². The third kappa shape index (κ3) is 6.22. The van der Waals surface area contributed by atoms with E-state index in [9.17, 15) is 23.3 Å². The quantitative estimate of drug-likeness (QED) is 0.399. The number of sulfonamides is 1. The number of nitro groups is 1. The van der Waals surface area contributed by atoms with E-state index in [-0.39, 0.29) is 10.6 Å². The Balaban J connectivity index is 2.14. The van der Waals surface area contributed by atoms with Gasteiger partial charge in [0.05, 0.1) is 0 Å². The lowest BCUT2D eigenvalue weighted by Crippen LogP contribution is -2.24. The molecule has 0 unspecified atom stereocenters. The number of ketones is 1. The van der Waals surface area contributed by atoms with Crippen LogP contribution in [0.4, 0.5) is 0 Å². The molecule has 112 valence electrons. The van der Waals surface area contributed by atoms with Crippen LogP contribution in [0.25, 0.3) is 0 Å². The van der Waals surface area contributed by atoms with Gasteiger partial charge in [-0.25, -0.2) is 13.1 Å². The zero-order chi connectivity index (χ0) is 15.0. The summed E-state index contributed by atoms with van der Waals surface area (Å²) in [6, 6.07) is 3.20. The van der Waals surface area contributed by atoms with Gasteiger partial charge < -0.3 is 0 Å². The molecule has 1 aromatic rings. The summed E-state index contributed by atoms with van der Waals surface area (Å²) < 4.78 is 26.2. The maximum absolute atomic E-state index is 11.7. The summed E-state index contributed by atoms with van der Waals surface area (Å²) in [4.78, 5) is 20.5. The van der Waals surface area contributed by atoms with Gasteiger partial charge in [0.1, 0.15) is 4.21 Å². The average Bonchev–Trinajstić information content (AvgIpc) is 2.87. The Morgan fingerprint density at radius 3 is 2.70 bits per heavy atom. The molecule has 0 atom stereocenters. The number of hydrogen-bond donors (Lipinski definition) is 1. The lowest BCUT2D eigenvalue weighted by Gasteiger charge is -2.04. The molecule has 0 aliphatic rings. The monoisotopic (exact) mass is 320 g/mol. The zero-order valence-corrected chi connectivity index (χ0v) is 12.4. The summed E-state index contributed by atoms with van der Waals surface area (Å²) in [6.07, 6.45) is 1.94. The molecule has 7 nitrogen and oxygen atoms in total. The third-order valence-electron chi connectivity index (χ3n) is 2.49. The van der Waals surface area contributed by atoms with Crippen LogP contribution < -0.4 is 4.72 Å². The topological polar surface area (TPSA) is 106 Å². The van der Waals surface area contributed by atoms with Gasteiger partial charge in [-0.3, -0.25) is 14.9 Å². The fourth-order valence-corrected chi connectivity index (χ4v) is 3.65. The zero-order valence-electron chi connectivity index (χ0n) is 10.8. The van der Waals surface area contributed by atoms with Gasteiger partial charge in [-0.2, -0.15) is 0 Å². The van der Waals surface area contributed by atoms with Crippen LogP contribution in [0.5, 0.6) is 0 Å². The molecule has 0 saturated heterocycles. The van der Waals surface area contributed by atoms with E-state index < -0.39 is 27.3 Å². The number of Topliss-reactive ketones (excluding diaryl/α,β-unsaturated/α-hetero) is 1. The first-order valence-electron chi connectivity index (χ1n) is 6.08. The fraction of sp³-hybridized carbons (Fsp3) is 0.545. The molecule has 0 radical (unpaired) electrons. The van der Waals surface area contributed by atoms with Gasteiger partial charge in [-0.15, -0.1) is 11.3 Å². The molecule has 0 bridgehead atoms. The number of hydrogen-bond acceptors (Lipinski definition) is 6. The van der Waals surface area contributed by atoms with E-state index in [1.165, 1.54) is 6.07 Å². The molecule has 1 rings (SSSR count). The molecule has 0 aliphatic carbocycles. The van der Waals surface area contributed by atoms with Gasteiger partial charge >= 0.3 is 0 Å². The number of carbonyl (C=O) groups excluding carboxylic acids is 1. The third-order valence-corrected chi connectivity index (χ3v) is 5.35. The van der Waals surface area contributed by atoms with Crippen molar-refractivity contribution in [2.75, 3.05) is 13.1 Å². The van der Waals surface area contributed by atoms with Gasteiger partial charge in [0.2, 0.25) is 15.8 Å². The summed E-state index contributed by atoms with van der Waals surface area (Å²) in [7, 11) is -3.42. The smallest absolute Gasteiger partial charge is 0.261 e. The highest BCUT2D eigenvalue weighted by Gasteiger charge is 2.13. The van der Waals surface area contributed by atoms with Crippen LogP contribution in [0, 0.1) is 10.1 Å². The minimum Gasteiger partial charge on any atom is -0.292 e. The predicted molar refractivity (Wildman–Crippen MR) is 74.8 cm³/mol. The van der Waals surface area contributed by atoms with Gasteiger partial charge in [0, 0.05) is 17.9 Å². The molecule has 20 heavy (non-hydrogen) atoms. The maximum Gasteiger partial charge on any atom is 0.261 e. The molecule has 0 fully saturated rings. The molecular formula is C11H16N2O5S2. The summed E-state index contributed by atoms with van der Waals surface area (Å²) in [5, 5.41) is 11.8. The van der Waals surface area contributed by atoms with Crippen molar-refractivity contribution >= 4 is 27.1 Å². The Bertz CT molecular complexity index is 539. The highest BCUT2D eigenvalue weighted by Crippen LogP contribution is 2.15. The summed E-state index contributed by atoms with van der Waals surface area (Å²) in [5.74, 6) is -0.394. The lowest BCUT2D eigenvalue weighted by molar-refractivity contribution is -0.467. The molecule has 0 aromatic carbocycles.